The highest BCUT2D eigenvalue weighted by molar-refractivity contribution is 8.06. The van der Waals surface area contributed by atoms with Crippen LogP contribution in [0.1, 0.15) is 96.8 Å². The first kappa shape index (κ1) is 27.0. The summed E-state index contributed by atoms with van der Waals surface area (Å²) in [5, 5.41) is 21.6. The Hall–Kier alpha value is -2.21. The van der Waals surface area contributed by atoms with Crippen LogP contribution < -0.4 is 0 Å². The lowest BCUT2D eigenvalue weighted by molar-refractivity contribution is -0.137. The van der Waals surface area contributed by atoms with Crippen LogP contribution in [-0.4, -0.2) is 33.5 Å². The fraction of sp³-hybridized carbons (Fsp3) is 0.556. The number of carbonyl (C=O) groups excluding carboxylic acids is 1. The molecule has 0 radical (unpaired) electrons. The molecule has 0 bridgehead atoms. The van der Waals surface area contributed by atoms with Crippen molar-refractivity contribution in [2.24, 2.45) is 0 Å². The molecule has 0 saturated carbocycles. The van der Waals surface area contributed by atoms with Gasteiger partial charge in [0.2, 0.25) is 0 Å². The second-order valence-electron chi connectivity index (χ2n) is 10.8. The first-order valence-corrected chi connectivity index (χ1v) is 12.6. The van der Waals surface area contributed by atoms with Gasteiger partial charge in [0.25, 0.3) is 5.91 Å². The molecule has 6 heteroatoms. The van der Waals surface area contributed by atoms with Gasteiger partial charge in [0.15, 0.2) is 0 Å². The molecule has 0 saturated heterocycles. The lowest BCUT2D eigenvalue weighted by Crippen LogP contribution is -2.29. The molecule has 1 aromatic carbocycles. The largest absolute Gasteiger partial charge is 0.507 e. The number of rotatable bonds is 9. The van der Waals surface area contributed by atoms with Crippen molar-refractivity contribution in [3.05, 3.63) is 45.3 Å². The van der Waals surface area contributed by atoms with Gasteiger partial charge >= 0.3 is 5.97 Å². The highest BCUT2D eigenvalue weighted by Gasteiger charge is 2.27. The number of carboxylic acid groups (broad SMARTS) is 1. The third-order valence-electron chi connectivity index (χ3n) is 5.74. The molecule has 2 rings (SSSR count). The van der Waals surface area contributed by atoms with E-state index in [1.807, 2.05) is 29.8 Å². The molecule has 182 valence electrons. The summed E-state index contributed by atoms with van der Waals surface area (Å²) >= 11 is 1.43. The Labute approximate surface area is 203 Å². The molecule has 5 nitrogen and oxygen atoms in total. The van der Waals surface area contributed by atoms with Crippen molar-refractivity contribution in [1.29, 1.82) is 0 Å². The summed E-state index contributed by atoms with van der Waals surface area (Å²) in [7, 11) is 0. The number of unbranched alkanes of at least 4 members (excludes halogenated alkanes) is 4. The number of carboxylic acids is 1. The van der Waals surface area contributed by atoms with Crippen LogP contribution in [0, 0.1) is 0 Å². The third-order valence-corrected chi connectivity index (χ3v) is 6.55. The van der Waals surface area contributed by atoms with Gasteiger partial charge in [-0.3, -0.25) is 9.59 Å². The predicted octanol–water partition coefficient (Wildman–Crippen LogP) is 6.80. The quantitative estimate of drug-likeness (QED) is 0.305. The summed E-state index contributed by atoms with van der Waals surface area (Å²) in [6.45, 7) is 13.1. The molecule has 33 heavy (non-hydrogen) atoms. The maximum Gasteiger partial charge on any atom is 0.303 e. The molecule has 2 N–H and O–H groups in total. The van der Waals surface area contributed by atoms with E-state index in [-0.39, 0.29) is 23.2 Å². The minimum absolute atomic E-state index is 0.00364. The Morgan fingerprint density at radius 1 is 0.970 bits per heavy atom. The van der Waals surface area contributed by atoms with Crippen molar-refractivity contribution in [2.75, 3.05) is 6.54 Å². The zero-order valence-corrected chi connectivity index (χ0v) is 21.7. The minimum atomic E-state index is -0.742. The van der Waals surface area contributed by atoms with Crippen molar-refractivity contribution in [1.82, 2.24) is 4.90 Å². The number of aliphatic carboxylic acids is 1. The molecule has 0 aromatic heterocycles. The Bertz CT molecular complexity index is 884. The van der Waals surface area contributed by atoms with Gasteiger partial charge in [-0.2, -0.15) is 0 Å². The van der Waals surface area contributed by atoms with Crippen LogP contribution in [0.5, 0.6) is 5.75 Å². The van der Waals surface area contributed by atoms with Crippen molar-refractivity contribution >= 4 is 29.7 Å². The molecule has 0 atom stereocenters. The lowest BCUT2D eigenvalue weighted by Gasteiger charge is -2.28. The van der Waals surface area contributed by atoms with E-state index in [2.05, 4.69) is 41.5 Å². The number of carbonyl (C=O) groups is 2. The van der Waals surface area contributed by atoms with Gasteiger partial charge in [0, 0.05) is 30.3 Å². The zero-order chi connectivity index (χ0) is 24.8. The molecule has 1 aliphatic heterocycles. The second kappa shape index (κ2) is 11.3. The van der Waals surface area contributed by atoms with E-state index in [0.717, 1.165) is 42.4 Å². The summed E-state index contributed by atoms with van der Waals surface area (Å²) in [6, 6.07) is 3.98. The molecular formula is C27H39NO4S. The number of thioether (sulfide) groups is 1. The fourth-order valence-electron chi connectivity index (χ4n) is 3.83. The van der Waals surface area contributed by atoms with Gasteiger partial charge in [-0.05, 0) is 52.9 Å². The predicted molar refractivity (Wildman–Crippen MR) is 137 cm³/mol. The van der Waals surface area contributed by atoms with Crippen molar-refractivity contribution in [3.63, 3.8) is 0 Å². The summed E-state index contributed by atoms with van der Waals surface area (Å²) in [5.74, 6) is -0.408. The van der Waals surface area contributed by atoms with E-state index in [1.165, 1.54) is 11.8 Å². The number of hydrogen-bond donors (Lipinski definition) is 2. The SMILES string of the molecule is CC(C)(C)c1cc(C=C2SC=CN(CCCCCCCC(=O)O)C2=O)cc(C(C)(C)C)c1O. The Kier molecular flexibility index (Phi) is 9.24. The minimum Gasteiger partial charge on any atom is -0.507 e. The number of phenolic OH excluding ortho intramolecular Hbond substituents is 1. The van der Waals surface area contributed by atoms with Gasteiger partial charge in [-0.25, -0.2) is 0 Å². The summed E-state index contributed by atoms with van der Waals surface area (Å²) < 4.78 is 0. The first-order valence-electron chi connectivity index (χ1n) is 11.8. The third kappa shape index (κ3) is 7.95. The van der Waals surface area contributed by atoms with Crippen molar-refractivity contribution in [2.45, 2.75) is 90.9 Å². The lowest BCUT2D eigenvalue weighted by atomic mass is 9.78. The average molecular weight is 474 g/mol. The van der Waals surface area contributed by atoms with Crippen LogP contribution in [0.4, 0.5) is 0 Å². The molecule has 0 fully saturated rings. The normalized spacial score (nSPS) is 16.0. The molecule has 1 aromatic rings. The molecule has 0 spiro atoms. The maximum atomic E-state index is 13.1. The summed E-state index contributed by atoms with van der Waals surface area (Å²) in [5.41, 5.74) is 2.24. The van der Waals surface area contributed by atoms with Crippen LogP contribution in [0.3, 0.4) is 0 Å². The molecule has 1 amide bonds. The number of aromatic hydroxyl groups is 1. The van der Waals surface area contributed by atoms with Crippen LogP contribution in [0.25, 0.3) is 6.08 Å². The topological polar surface area (TPSA) is 77.8 Å². The van der Waals surface area contributed by atoms with Gasteiger partial charge in [0.05, 0.1) is 4.91 Å². The van der Waals surface area contributed by atoms with E-state index in [4.69, 9.17) is 5.11 Å². The first-order chi connectivity index (χ1) is 15.3. The van der Waals surface area contributed by atoms with E-state index in [0.29, 0.717) is 23.6 Å². The molecular weight excluding hydrogens is 434 g/mol. The smallest absolute Gasteiger partial charge is 0.303 e. The molecule has 0 aliphatic carbocycles. The second-order valence-corrected chi connectivity index (χ2v) is 11.7. The van der Waals surface area contributed by atoms with Crippen LogP contribution in [0.2, 0.25) is 0 Å². The number of benzene rings is 1. The number of hydrogen-bond acceptors (Lipinski definition) is 4. The van der Waals surface area contributed by atoms with Crippen LogP contribution in [-0.2, 0) is 20.4 Å². The summed E-state index contributed by atoms with van der Waals surface area (Å²) in [4.78, 5) is 26.1. The fourth-order valence-corrected chi connectivity index (χ4v) is 4.61. The van der Waals surface area contributed by atoms with E-state index >= 15 is 0 Å². The standard InChI is InChI=1S/C27H39NO4S/c1-26(2,3)20-16-19(17-21(24(20)31)27(4,5)6)18-22-25(32)28(14-15-33-22)13-11-9-7-8-10-12-23(29)30/h14-18,31H,7-13H2,1-6H3,(H,29,30). The molecule has 1 aliphatic rings. The Balaban J connectivity index is 2.13. The zero-order valence-electron chi connectivity index (χ0n) is 20.9. The number of amides is 1. The van der Waals surface area contributed by atoms with Crippen LogP contribution >= 0.6 is 11.8 Å². The monoisotopic (exact) mass is 473 g/mol. The molecule has 0 unspecified atom stereocenters. The van der Waals surface area contributed by atoms with Gasteiger partial charge < -0.3 is 15.1 Å². The number of phenols is 1. The van der Waals surface area contributed by atoms with Gasteiger partial charge in [-0.15, -0.1) is 0 Å². The summed E-state index contributed by atoms with van der Waals surface area (Å²) in [6.07, 6.45) is 8.46. The van der Waals surface area contributed by atoms with Crippen LogP contribution in [0.15, 0.2) is 28.6 Å². The van der Waals surface area contributed by atoms with Gasteiger partial charge in [-0.1, -0.05) is 72.6 Å². The van der Waals surface area contributed by atoms with E-state index in [9.17, 15) is 14.7 Å². The highest BCUT2D eigenvalue weighted by Crippen LogP contribution is 2.40. The van der Waals surface area contributed by atoms with E-state index in [1.54, 1.807) is 4.90 Å². The van der Waals surface area contributed by atoms with Crippen molar-refractivity contribution in [3.8, 4) is 5.75 Å². The Morgan fingerprint density at radius 3 is 2.06 bits per heavy atom. The van der Waals surface area contributed by atoms with Gasteiger partial charge in [0.1, 0.15) is 5.75 Å². The van der Waals surface area contributed by atoms with E-state index < -0.39 is 5.97 Å². The molecule has 1 heterocycles. The Morgan fingerprint density at radius 2 is 1.52 bits per heavy atom. The number of nitrogens with zero attached hydrogens (tertiary/aromatic N) is 1. The highest BCUT2D eigenvalue weighted by atomic mass is 32.2. The average Bonchev–Trinajstić information content (AvgIpc) is 2.69. The maximum absolute atomic E-state index is 13.1. The van der Waals surface area contributed by atoms with Crippen molar-refractivity contribution < 1.29 is 19.8 Å².